The van der Waals surface area contributed by atoms with E-state index < -0.39 is 10.0 Å². The molecule has 4 nitrogen and oxygen atoms in total. The maximum Gasteiger partial charge on any atom is 0.243 e. The topological polar surface area (TPSA) is 50.3 Å². The van der Waals surface area contributed by atoms with Gasteiger partial charge >= 0.3 is 0 Å². The van der Waals surface area contributed by atoms with Gasteiger partial charge in [0.15, 0.2) is 0 Å². The van der Waals surface area contributed by atoms with Gasteiger partial charge in [0.1, 0.15) is 0 Å². The van der Waals surface area contributed by atoms with E-state index in [0.717, 1.165) is 24.0 Å². The molecule has 0 bridgehead atoms. The summed E-state index contributed by atoms with van der Waals surface area (Å²) in [4.78, 5) is 4.35. The average Bonchev–Trinajstić information content (AvgIpc) is 3.03. The van der Waals surface area contributed by atoms with Gasteiger partial charge in [-0.25, -0.2) is 8.42 Å². The second-order valence-corrected chi connectivity index (χ2v) is 6.81. The standard InChI is InChI=1S/C15H16N2O2S/c18-20(19,17-11-1-2-12-17)15-5-3-13(4-6-15)14-7-9-16-10-8-14/h3-10H,1-2,11-12H2. The van der Waals surface area contributed by atoms with Crippen LogP contribution in [-0.4, -0.2) is 30.8 Å². The average molecular weight is 288 g/mol. The third-order valence-corrected chi connectivity index (χ3v) is 5.48. The summed E-state index contributed by atoms with van der Waals surface area (Å²) in [5.74, 6) is 0. The SMILES string of the molecule is O=S(=O)(c1ccc(-c2ccncc2)cc1)N1CCCC1. The van der Waals surface area contributed by atoms with Crippen LogP contribution in [0.1, 0.15) is 12.8 Å². The molecule has 3 rings (SSSR count). The molecule has 0 saturated carbocycles. The molecule has 5 heteroatoms. The van der Waals surface area contributed by atoms with Crippen LogP contribution < -0.4 is 0 Å². The minimum Gasteiger partial charge on any atom is -0.265 e. The molecule has 1 aliphatic heterocycles. The molecule has 0 N–H and O–H groups in total. The molecule has 20 heavy (non-hydrogen) atoms. The van der Waals surface area contributed by atoms with Crippen molar-refractivity contribution in [3.05, 3.63) is 48.8 Å². The molecule has 0 aliphatic carbocycles. The number of benzene rings is 1. The van der Waals surface area contributed by atoms with Crippen molar-refractivity contribution in [2.45, 2.75) is 17.7 Å². The Kier molecular flexibility index (Phi) is 3.54. The highest BCUT2D eigenvalue weighted by atomic mass is 32.2. The Balaban J connectivity index is 1.90. The molecule has 0 spiro atoms. The van der Waals surface area contributed by atoms with Crippen molar-refractivity contribution >= 4 is 10.0 Å². The van der Waals surface area contributed by atoms with Crippen LogP contribution in [0.25, 0.3) is 11.1 Å². The van der Waals surface area contributed by atoms with Gasteiger partial charge in [0.25, 0.3) is 0 Å². The second-order valence-electron chi connectivity index (χ2n) is 4.87. The van der Waals surface area contributed by atoms with Crippen molar-refractivity contribution in [1.29, 1.82) is 0 Å². The Hall–Kier alpha value is -1.72. The zero-order chi connectivity index (χ0) is 14.0. The van der Waals surface area contributed by atoms with E-state index in [4.69, 9.17) is 0 Å². The molecule has 0 atom stereocenters. The van der Waals surface area contributed by atoms with Crippen LogP contribution in [0.2, 0.25) is 0 Å². The largest absolute Gasteiger partial charge is 0.265 e. The van der Waals surface area contributed by atoms with Crippen LogP contribution in [0.3, 0.4) is 0 Å². The minimum absolute atomic E-state index is 0.372. The fourth-order valence-corrected chi connectivity index (χ4v) is 3.96. The van der Waals surface area contributed by atoms with Gasteiger partial charge in [0.05, 0.1) is 4.90 Å². The summed E-state index contributed by atoms with van der Waals surface area (Å²) in [6.07, 6.45) is 5.36. The third kappa shape index (κ3) is 2.46. The summed E-state index contributed by atoms with van der Waals surface area (Å²) in [7, 11) is -3.32. The van der Waals surface area contributed by atoms with E-state index in [0.29, 0.717) is 18.0 Å². The van der Waals surface area contributed by atoms with E-state index in [1.54, 1.807) is 28.8 Å². The molecule has 1 aliphatic rings. The van der Waals surface area contributed by atoms with Crippen molar-refractivity contribution in [1.82, 2.24) is 9.29 Å². The van der Waals surface area contributed by atoms with Crippen LogP contribution in [0, 0.1) is 0 Å². The monoisotopic (exact) mass is 288 g/mol. The molecule has 2 heterocycles. The van der Waals surface area contributed by atoms with Gasteiger partial charge in [-0.05, 0) is 48.2 Å². The van der Waals surface area contributed by atoms with E-state index in [2.05, 4.69) is 4.98 Å². The Morgan fingerprint density at radius 3 is 2.00 bits per heavy atom. The Labute approximate surface area is 119 Å². The van der Waals surface area contributed by atoms with Gasteiger partial charge in [0.2, 0.25) is 10.0 Å². The number of sulfonamides is 1. The van der Waals surface area contributed by atoms with Gasteiger partial charge in [-0.15, -0.1) is 0 Å². The number of nitrogens with zero attached hydrogens (tertiary/aromatic N) is 2. The number of hydrogen-bond acceptors (Lipinski definition) is 3. The highest BCUT2D eigenvalue weighted by Crippen LogP contribution is 2.24. The molecule has 1 aromatic heterocycles. The van der Waals surface area contributed by atoms with Crippen molar-refractivity contribution in [3.8, 4) is 11.1 Å². The van der Waals surface area contributed by atoms with E-state index in [1.165, 1.54) is 0 Å². The van der Waals surface area contributed by atoms with Crippen LogP contribution in [-0.2, 0) is 10.0 Å². The lowest BCUT2D eigenvalue weighted by Gasteiger charge is -2.15. The Morgan fingerprint density at radius 2 is 1.40 bits per heavy atom. The first kappa shape index (κ1) is 13.3. The third-order valence-electron chi connectivity index (χ3n) is 3.57. The fourth-order valence-electron chi connectivity index (χ4n) is 2.44. The van der Waals surface area contributed by atoms with Crippen molar-refractivity contribution in [2.75, 3.05) is 13.1 Å². The summed E-state index contributed by atoms with van der Waals surface area (Å²) in [5.41, 5.74) is 2.03. The second kappa shape index (κ2) is 5.34. The molecule has 0 radical (unpaired) electrons. The lowest BCUT2D eigenvalue weighted by molar-refractivity contribution is 0.477. The first-order valence-corrected chi connectivity index (χ1v) is 8.12. The van der Waals surface area contributed by atoms with Crippen molar-refractivity contribution in [3.63, 3.8) is 0 Å². The maximum absolute atomic E-state index is 12.4. The van der Waals surface area contributed by atoms with Gasteiger partial charge < -0.3 is 0 Å². The van der Waals surface area contributed by atoms with Gasteiger partial charge in [0, 0.05) is 25.5 Å². The molecule has 1 saturated heterocycles. The van der Waals surface area contributed by atoms with Gasteiger partial charge in [-0.3, -0.25) is 4.98 Å². The highest BCUT2D eigenvalue weighted by Gasteiger charge is 2.26. The van der Waals surface area contributed by atoms with Gasteiger partial charge in [-0.1, -0.05) is 12.1 Å². The highest BCUT2D eigenvalue weighted by molar-refractivity contribution is 7.89. The van der Waals surface area contributed by atoms with E-state index >= 15 is 0 Å². The van der Waals surface area contributed by atoms with Crippen molar-refractivity contribution in [2.24, 2.45) is 0 Å². The smallest absolute Gasteiger partial charge is 0.243 e. The van der Waals surface area contributed by atoms with Crippen LogP contribution in [0.15, 0.2) is 53.7 Å². The zero-order valence-corrected chi connectivity index (χ0v) is 11.9. The molecule has 0 unspecified atom stereocenters. The summed E-state index contributed by atoms with van der Waals surface area (Å²) in [6, 6.07) is 10.9. The van der Waals surface area contributed by atoms with Crippen LogP contribution >= 0.6 is 0 Å². The zero-order valence-electron chi connectivity index (χ0n) is 11.1. The first-order valence-electron chi connectivity index (χ1n) is 6.68. The summed E-state index contributed by atoms with van der Waals surface area (Å²) >= 11 is 0. The number of rotatable bonds is 3. The minimum atomic E-state index is -3.32. The number of hydrogen-bond donors (Lipinski definition) is 0. The molecule has 2 aromatic rings. The molecular weight excluding hydrogens is 272 g/mol. The summed E-state index contributed by atoms with van der Waals surface area (Å²) in [6.45, 7) is 1.27. The van der Waals surface area contributed by atoms with E-state index in [1.807, 2.05) is 24.3 Å². The number of aromatic nitrogens is 1. The normalized spacial score (nSPS) is 16.4. The molecule has 104 valence electrons. The lowest BCUT2D eigenvalue weighted by Crippen LogP contribution is -2.27. The quantitative estimate of drug-likeness (QED) is 0.872. The summed E-state index contributed by atoms with van der Waals surface area (Å²) in [5, 5.41) is 0. The lowest BCUT2D eigenvalue weighted by atomic mass is 10.1. The van der Waals surface area contributed by atoms with E-state index in [9.17, 15) is 8.42 Å². The van der Waals surface area contributed by atoms with E-state index in [-0.39, 0.29) is 0 Å². The van der Waals surface area contributed by atoms with Crippen LogP contribution in [0.5, 0.6) is 0 Å². The fraction of sp³-hybridized carbons (Fsp3) is 0.267. The molecule has 1 aromatic carbocycles. The Morgan fingerprint density at radius 1 is 0.850 bits per heavy atom. The predicted molar refractivity (Wildman–Crippen MR) is 77.7 cm³/mol. The molecule has 1 fully saturated rings. The van der Waals surface area contributed by atoms with Crippen LogP contribution in [0.4, 0.5) is 0 Å². The Bertz CT molecular complexity index is 676. The predicted octanol–water partition coefficient (Wildman–Crippen LogP) is 2.53. The summed E-state index contributed by atoms with van der Waals surface area (Å²) < 4.78 is 26.4. The molecular formula is C15H16N2O2S. The number of pyridine rings is 1. The molecule has 0 amide bonds. The van der Waals surface area contributed by atoms with Gasteiger partial charge in [-0.2, -0.15) is 4.31 Å². The van der Waals surface area contributed by atoms with Crippen molar-refractivity contribution < 1.29 is 8.42 Å². The maximum atomic E-state index is 12.4. The first-order chi connectivity index (χ1) is 9.68.